The second-order valence-corrected chi connectivity index (χ2v) is 4.53. The lowest BCUT2D eigenvalue weighted by Crippen LogP contribution is -2.14. The summed E-state index contributed by atoms with van der Waals surface area (Å²) in [6, 6.07) is 8.08. The molecule has 1 amide bonds. The molecule has 3 nitrogen and oxygen atoms in total. The van der Waals surface area contributed by atoms with E-state index in [2.05, 4.69) is 5.32 Å². The van der Waals surface area contributed by atoms with Gasteiger partial charge in [0.1, 0.15) is 11.6 Å². The molecule has 19 heavy (non-hydrogen) atoms. The highest BCUT2D eigenvalue weighted by molar-refractivity contribution is 6.34. The summed E-state index contributed by atoms with van der Waals surface area (Å²) in [7, 11) is 0. The predicted molar refractivity (Wildman–Crippen MR) is 72.5 cm³/mol. The SMILES string of the molecule is O=C(Nc1ccc(O)c(Cl)c1)c1c(F)cccc1Cl. The largest absolute Gasteiger partial charge is 0.506 e. The molecule has 0 saturated carbocycles. The fourth-order valence-electron chi connectivity index (χ4n) is 1.49. The number of hydrogen-bond donors (Lipinski definition) is 2. The molecule has 0 atom stereocenters. The van der Waals surface area contributed by atoms with Gasteiger partial charge in [-0.3, -0.25) is 4.79 Å². The van der Waals surface area contributed by atoms with Gasteiger partial charge >= 0.3 is 0 Å². The van der Waals surface area contributed by atoms with E-state index in [1.54, 1.807) is 0 Å². The Balaban J connectivity index is 2.28. The second kappa shape index (κ2) is 5.47. The maximum Gasteiger partial charge on any atom is 0.260 e. The zero-order chi connectivity index (χ0) is 14.0. The van der Waals surface area contributed by atoms with Crippen LogP contribution in [0.15, 0.2) is 36.4 Å². The first-order valence-electron chi connectivity index (χ1n) is 5.23. The molecule has 0 heterocycles. The summed E-state index contributed by atoms with van der Waals surface area (Å²) < 4.78 is 13.5. The molecule has 0 bridgehead atoms. The lowest BCUT2D eigenvalue weighted by atomic mass is 10.2. The van der Waals surface area contributed by atoms with E-state index < -0.39 is 11.7 Å². The Morgan fingerprint density at radius 3 is 2.53 bits per heavy atom. The Morgan fingerprint density at radius 2 is 1.89 bits per heavy atom. The van der Waals surface area contributed by atoms with Crippen LogP contribution in [-0.2, 0) is 0 Å². The number of aromatic hydroxyl groups is 1. The summed E-state index contributed by atoms with van der Waals surface area (Å²) >= 11 is 11.5. The molecule has 2 aromatic rings. The highest BCUT2D eigenvalue weighted by atomic mass is 35.5. The average molecular weight is 300 g/mol. The molecule has 0 radical (unpaired) electrons. The Morgan fingerprint density at radius 1 is 1.16 bits per heavy atom. The molecule has 2 N–H and O–H groups in total. The van der Waals surface area contributed by atoms with Crippen molar-refractivity contribution in [1.82, 2.24) is 0 Å². The molecule has 2 aromatic carbocycles. The molecule has 6 heteroatoms. The van der Waals surface area contributed by atoms with Crippen LogP contribution in [0.2, 0.25) is 10.0 Å². The summed E-state index contributed by atoms with van der Waals surface area (Å²) in [6.07, 6.45) is 0. The number of hydrogen-bond acceptors (Lipinski definition) is 2. The summed E-state index contributed by atoms with van der Waals surface area (Å²) in [4.78, 5) is 11.9. The van der Waals surface area contributed by atoms with Gasteiger partial charge in [0, 0.05) is 5.69 Å². The highest BCUT2D eigenvalue weighted by Gasteiger charge is 2.16. The maximum atomic E-state index is 13.5. The van der Waals surface area contributed by atoms with E-state index in [0.29, 0.717) is 5.69 Å². The van der Waals surface area contributed by atoms with Gasteiger partial charge < -0.3 is 10.4 Å². The smallest absolute Gasteiger partial charge is 0.260 e. The van der Waals surface area contributed by atoms with Gasteiger partial charge in [-0.2, -0.15) is 0 Å². The monoisotopic (exact) mass is 299 g/mol. The van der Waals surface area contributed by atoms with Gasteiger partial charge in [-0.25, -0.2) is 4.39 Å². The van der Waals surface area contributed by atoms with Crippen molar-refractivity contribution in [2.45, 2.75) is 0 Å². The van der Waals surface area contributed by atoms with Gasteiger partial charge in [0.2, 0.25) is 0 Å². The molecular weight excluding hydrogens is 292 g/mol. The van der Waals surface area contributed by atoms with Crippen LogP contribution < -0.4 is 5.32 Å². The van der Waals surface area contributed by atoms with Crippen LogP contribution in [0, 0.1) is 5.82 Å². The van der Waals surface area contributed by atoms with E-state index in [1.807, 2.05) is 0 Å². The fourth-order valence-corrected chi connectivity index (χ4v) is 1.92. The Bertz CT molecular complexity index is 626. The van der Waals surface area contributed by atoms with E-state index in [1.165, 1.54) is 30.3 Å². The fraction of sp³-hybridized carbons (Fsp3) is 0. The Kier molecular flexibility index (Phi) is 3.93. The van der Waals surface area contributed by atoms with Crippen LogP contribution in [0.4, 0.5) is 10.1 Å². The molecule has 0 fully saturated rings. The molecule has 0 spiro atoms. The normalized spacial score (nSPS) is 10.3. The van der Waals surface area contributed by atoms with E-state index in [4.69, 9.17) is 23.2 Å². The average Bonchev–Trinajstić information content (AvgIpc) is 2.33. The highest BCUT2D eigenvalue weighted by Crippen LogP contribution is 2.27. The number of phenols is 1. The minimum atomic E-state index is -0.713. The minimum absolute atomic E-state index is 0.0161. The first kappa shape index (κ1) is 13.6. The predicted octanol–water partition coefficient (Wildman–Crippen LogP) is 4.09. The van der Waals surface area contributed by atoms with Crippen LogP contribution in [0.5, 0.6) is 5.75 Å². The third-order valence-corrected chi connectivity index (χ3v) is 3.01. The van der Waals surface area contributed by atoms with Gasteiger partial charge in [0.05, 0.1) is 15.6 Å². The number of phenolic OH excluding ortho intramolecular Hbond substituents is 1. The summed E-state index contributed by atoms with van der Waals surface area (Å²) in [5.41, 5.74) is 0.0838. The molecule has 2 rings (SSSR count). The van der Waals surface area contributed by atoms with Gasteiger partial charge in [-0.15, -0.1) is 0 Å². The van der Waals surface area contributed by atoms with Crippen molar-refractivity contribution in [2.75, 3.05) is 5.32 Å². The van der Waals surface area contributed by atoms with Crippen molar-refractivity contribution in [1.29, 1.82) is 0 Å². The molecular formula is C13H8Cl2FNO2. The van der Waals surface area contributed by atoms with Crippen LogP contribution in [0.25, 0.3) is 0 Å². The van der Waals surface area contributed by atoms with Crippen molar-refractivity contribution in [2.24, 2.45) is 0 Å². The molecule has 0 unspecified atom stereocenters. The van der Waals surface area contributed by atoms with E-state index in [-0.39, 0.29) is 21.4 Å². The topological polar surface area (TPSA) is 49.3 Å². The number of nitrogens with one attached hydrogen (secondary N) is 1. The third kappa shape index (κ3) is 2.97. The van der Waals surface area contributed by atoms with Crippen molar-refractivity contribution < 1.29 is 14.3 Å². The van der Waals surface area contributed by atoms with Crippen molar-refractivity contribution in [3.05, 3.63) is 57.8 Å². The zero-order valence-electron chi connectivity index (χ0n) is 9.45. The van der Waals surface area contributed by atoms with E-state index >= 15 is 0 Å². The van der Waals surface area contributed by atoms with Gasteiger partial charge in [-0.1, -0.05) is 29.3 Å². The lowest BCUT2D eigenvalue weighted by Gasteiger charge is -2.08. The summed E-state index contributed by atoms with van der Waals surface area (Å²) in [6.45, 7) is 0. The van der Waals surface area contributed by atoms with Crippen LogP contribution in [0.3, 0.4) is 0 Å². The van der Waals surface area contributed by atoms with Crippen molar-refractivity contribution in [3.8, 4) is 5.75 Å². The number of rotatable bonds is 2. The van der Waals surface area contributed by atoms with Crippen LogP contribution in [0.1, 0.15) is 10.4 Å². The van der Waals surface area contributed by atoms with Crippen molar-refractivity contribution >= 4 is 34.8 Å². The van der Waals surface area contributed by atoms with Gasteiger partial charge in [0.15, 0.2) is 0 Å². The first-order valence-corrected chi connectivity index (χ1v) is 5.98. The molecule has 0 aliphatic rings. The number of carbonyl (C=O) groups excluding carboxylic acids is 1. The zero-order valence-corrected chi connectivity index (χ0v) is 11.0. The quantitative estimate of drug-likeness (QED) is 0.821. The molecule has 0 saturated heterocycles. The lowest BCUT2D eigenvalue weighted by molar-refractivity contribution is 0.102. The van der Waals surface area contributed by atoms with Crippen LogP contribution >= 0.6 is 23.2 Å². The number of benzene rings is 2. The van der Waals surface area contributed by atoms with Crippen LogP contribution in [-0.4, -0.2) is 11.0 Å². The maximum absolute atomic E-state index is 13.5. The van der Waals surface area contributed by atoms with Gasteiger partial charge in [0.25, 0.3) is 5.91 Å². The number of halogens is 3. The number of carbonyl (C=O) groups is 1. The standard InChI is InChI=1S/C13H8Cl2FNO2/c14-8-2-1-3-10(16)12(8)13(19)17-7-4-5-11(18)9(15)6-7/h1-6,18H,(H,17,19). The Hall–Kier alpha value is -1.78. The Labute approximate surface area is 118 Å². The molecule has 98 valence electrons. The molecule has 0 aliphatic heterocycles. The second-order valence-electron chi connectivity index (χ2n) is 3.72. The van der Waals surface area contributed by atoms with E-state index in [0.717, 1.165) is 6.07 Å². The first-order chi connectivity index (χ1) is 8.99. The third-order valence-electron chi connectivity index (χ3n) is 2.40. The molecule has 0 aliphatic carbocycles. The minimum Gasteiger partial charge on any atom is -0.506 e. The summed E-state index contributed by atoms with van der Waals surface area (Å²) in [5, 5.41) is 11.8. The summed E-state index contributed by atoms with van der Waals surface area (Å²) in [5.74, 6) is -1.51. The van der Waals surface area contributed by atoms with Crippen molar-refractivity contribution in [3.63, 3.8) is 0 Å². The number of amides is 1. The molecule has 0 aromatic heterocycles. The number of anilines is 1. The van der Waals surface area contributed by atoms with Gasteiger partial charge in [-0.05, 0) is 30.3 Å². The van der Waals surface area contributed by atoms with E-state index in [9.17, 15) is 14.3 Å².